The van der Waals surface area contributed by atoms with Crippen LogP contribution in [0, 0.1) is 34.5 Å². The SMILES string of the molecule is CO/N=C1/CC2C/C(=N\OCCN)CC[C@]2(C)[C@H]2CC[C@]3(C)C(=O)CC[C@H]3[C@H]12. The number of carbonyl (C=O) groups excluding carboxylic acids is 1. The van der Waals surface area contributed by atoms with E-state index in [0.717, 1.165) is 57.1 Å². The van der Waals surface area contributed by atoms with Crippen molar-refractivity contribution in [1.29, 1.82) is 0 Å². The monoisotopic (exact) mass is 389 g/mol. The van der Waals surface area contributed by atoms with Crippen LogP contribution in [0.3, 0.4) is 0 Å². The van der Waals surface area contributed by atoms with Gasteiger partial charge in [-0.1, -0.05) is 24.2 Å². The molecule has 0 spiro atoms. The Balaban J connectivity index is 1.63. The number of hydrogen-bond donors (Lipinski definition) is 1. The summed E-state index contributed by atoms with van der Waals surface area (Å²) in [5, 5.41) is 8.89. The van der Waals surface area contributed by atoms with Gasteiger partial charge in [-0.25, -0.2) is 0 Å². The lowest BCUT2D eigenvalue weighted by Gasteiger charge is -2.59. The molecule has 0 aliphatic heterocycles. The Kier molecular flexibility index (Phi) is 5.27. The fourth-order valence-electron chi connectivity index (χ4n) is 7.03. The van der Waals surface area contributed by atoms with Crippen LogP contribution in [-0.2, 0) is 14.5 Å². The van der Waals surface area contributed by atoms with Crippen molar-refractivity contribution in [3.05, 3.63) is 0 Å². The summed E-state index contributed by atoms with van der Waals surface area (Å²) in [6, 6.07) is 0. The highest BCUT2D eigenvalue weighted by atomic mass is 16.6. The minimum atomic E-state index is -0.157. The molecular weight excluding hydrogens is 354 g/mol. The molecule has 6 atom stereocenters. The van der Waals surface area contributed by atoms with Crippen LogP contribution >= 0.6 is 0 Å². The number of nitrogens with two attached hydrogens (primary N) is 1. The lowest BCUT2D eigenvalue weighted by molar-refractivity contribution is -0.131. The van der Waals surface area contributed by atoms with E-state index in [2.05, 4.69) is 24.2 Å². The second-order valence-electron chi connectivity index (χ2n) is 9.81. The lowest BCUT2D eigenvalue weighted by Crippen LogP contribution is -2.57. The van der Waals surface area contributed by atoms with E-state index < -0.39 is 0 Å². The van der Waals surface area contributed by atoms with Gasteiger partial charge in [0.2, 0.25) is 0 Å². The molecule has 6 nitrogen and oxygen atoms in total. The first-order valence-corrected chi connectivity index (χ1v) is 10.9. The fraction of sp³-hybridized carbons (Fsp3) is 0.864. The molecule has 4 fully saturated rings. The van der Waals surface area contributed by atoms with E-state index in [0.29, 0.717) is 42.6 Å². The van der Waals surface area contributed by atoms with Gasteiger partial charge < -0.3 is 15.4 Å². The van der Waals surface area contributed by atoms with Crippen molar-refractivity contribution in [1.82, 2.24) is 0 Å². The Morgan fingerprint density at radius 1 is 1.11 bits per heavy atom. The largest absolute Gasteiger partial charge is 0.399 e. The highest BCUT2D eigenvalue weighted by Crippen LogP contribution is 2.64. The Bertz CT molecular complexity index is 691. The number of hydrogen-bond acceptors (Lipinski definition) is 6. The molecule has 0 saturated heterocycles. The molecule has 0 bridgehead atoms. The zero-order chi connectivity index (χ0) is 19.9. The van der Waals surface area contributed by atoms with E-state index in [1.165, 1.54) is 5.71 Å². The average Bonchev–Trinajstić information content (AvgIpc) is 2.98. The number of oxime groups is 2. The normalized spacial score (nSPS) is 45.5. The van der Waals surface area contributed by atoms with Crippen molar-refractivity contribution in [2.45, 2.75) is 65.2 Å². The summed E-state index contributed by atoms with van der Waals surface area (Å²) < 4.78 is 0. The van der Waals surface area contributed by atoms with E-state index in [4.69, 9.17) is 15.4 Å². The molecule has 4 rings (SSSR count). The summed E-state index contributed by atoms with van der Waals surface area (Å²) in [5.74, 6) is 2.37. The van der Waals surface area contributed by atoms with Gasteiger partial charge in [0, 0.05) is 24.3 Å². The van der Waals surface area contributed by atoms with Gasteiger partial charge in [-0.3, -0.25) is 4.79 Å². The first-order chi connectivity index (χ1) is 13.4. The van der Waals surface area contributed by atoms with E-state index in [-0.39, 0.29) is 10.8 Å². The maximum Gasteiger partial charge on any atom is 0.139 e. The first-order valence-electron chi connectivity index (χ1n) is 10.9. The molecule has 1 unspecified atom stereocenters. The van der Waals surface area contributed by atoms with Gasteiger partial charge in [0.1, 0.15) is 19.5 Å². The van der Waals surface area contributed by atoms with Crippen molar-refractivity contribution in [2.75, 3.05) is 20.3 Å². The van der Waals surface area contributed by atoms with E-state index in [9.17, 15) is 4.79 Å². The molecule has 0 aromatic heterocycles. The number of Topliss-reactive ketones (excluding diaryl/α,β-unsaturated/α-hetero) is 1. The molecule has 0 aromatic rings. The van der Waals surface area contributed by atoms with Crippen molar-refractivity contribution >= 4 is 17.2 Å². The number of rotatable bonds is 4. The Morgan fingerprint density at radius 2 is 1.93 bits per heavy atom. The summed E-state index contributed by atoms with van der Waals surface area (Å²) >= 11 is 0. The minimum Gasteiger partial charge on any atom is -0.399 e. The molecule has 156 valence electrons. The number of ketones is 1. The maximum absolute atomic E-state index is 12.7. The van der Waals surface area contributed by atoms with Crippen molar-refractivity contribution in [2.24, 2.45) is 50.5 Å². The van der Waals surface area contributed by atoms with Gasteiger partial charge in [0.05, 0.1) is 11.4 Å². The standard InChI is InChI=1S/C22H35N3O3/c1-21-8-6-15(24-28-11-10-23)12-14(21)13-18(25-27-3)20-16-4-5-19(26)22(16,2)9-7-17(20)21/h14,16-17,20H,4-13,23H2,1-3H3/b24-15-,25-18-/t14?,16-,17-,20-,21-,22-/m0/s1. The molecular formula is C22H35N3O3. The average molecular weight is 390 g/mol. The van der Waals surface area contributed by atoms with E-state index in [1.54, 1.807) is 7.11 Å². The topological polar surface area (TPSA) is 86.3 Å². The Hall–Kier alpha value is -1.43. The van der Waals surface area contributed by atoms with Crippen LogP contribution in [0.25, 0.3) is 0 Å². The zero-order valence-electron chi connectivity index (χ0n) is 17.6. The third-order valence-corrected chi connectivity index (χ3v) is 8.65. The lowest BCUT2D eigenvalue weighted by atomic mass is 9.45. The smallest absolute Gasteiger partial charge is 0.139 e. The van der Waals surface area contributed by atoms with Crippen LogP contribution in [-0.4, -0.2) is 37.5 Å². The maximum atomic E-state index is 12.7. The van der Waals surface area contributed by atoms with Crippen molar-refractivity contribution in [3.8, 4) is 0 Å². The fourth-order valence-corrected chi connectivity index (χ4v) is 7.03. The van der Waals surface area contributed by atoms with Gasteiger partial charge in [-0.2, -0.15) is 0 Å². The molecule has 0 radical (unpaired) electrons. The van der Waals surface area contributed by atoms with Crippen LogP contribution < -0.4 is 5.73 Å². The van der Waals surface area contributed by atoms with Crippen LogP contribution in [0.2, 0.25) is 0 Å². The molecule has 0 aromatic carbocycles. The summed E-state index contributed by atoms with van der Waals surface area (Å²) in [4.78, 5) is 23.4. The quantitative estimate of drug-likeness (QED) is 0.588. The van der Waals surface area contributed by atoms with Crippen LogP contribution in [0.4, 0.5) is 0 Å². The molecule has 28 heavy (non-hydrogen) atoms. The van der Waals surface area contributed by atoms with Crippen LogP contribution in [0.15, 0.2) is 10.3 Å². The van der Waals surface area contributed by atoms with Crippen molar-refractivity contribution in [3.63, 3.8) is 0 Å². The third kappa shape index (κ3) is 2.99. The van der Waals surface area contributed by atoms with Gasteiger partial charge in [-0.15, -0.1) is 0 Å². The predicted octanol–water partition coefficient (Wildman–Crippen LogP) is 3.54. The second kappa shape index (κ2) is 7.43. The molecule has 6 heteroatoms. The highest BCUT2D eigenvalue weighted by Gasteiger charge is 2.62. The summed E-state index contributed by atoms with van der Waals surface area (Å²) in [6.07, 6.45) is 7.95. The molecule has 0 heterocycles. The van der Waals surface area contributed by atoms with Gasteiger partial charge >= 0.3 is 0 Å². The summed E-state index contributed by atoms with van der Waals surface area (Å²) in [6.45, 7) is 5.66. The van der Waals surface area contributed by atoms with Crippen LogP contribution in [0.5, 0.6) is 0 Å². The number of carbonyl (C=O) groups is 1. The van der Waals surface area contributed by atoms with E-state index >= 15 is 0 Å². The van der Waals surface area contributed by atoms with Gasteiger partial charge in [-0.05, 0) is 68.1 Å². The van der Waals surface area contributed by atoms with E-state index in [1.807, 2.05) is 0 Å². The summed E-state index contributed by atoms with van der Waals surface area (Å²) in [7, 11) is 1.64. The van der Waals surface area contributed by atoms with Gasteiger partial charge in [0.15, 0.2) is 0 Å². The molecule has 0 amide bonds. The molecule has 4 saturated carbocycles. The zero-order valence-corrected chi connectivity index (χ0v) is 17.6. The number of fused-ring (bicyclic) bond motifs is 5. The highest BCUT2D eigenvalue weighted by molar-refractivity contribution is 5.94. The molecule has 4 aliphatic rings. The first kappa shape index (κ1) is 19.9. The van der Waals surface area contributed by atoms with Gasteiger partial charge in [0.25, 0.3) is 0 Å². The second-order valence-corrected chi connectivity index (χ2v) is 9.81. The summed E-state index contributed by atoms with van der Waals surface area (Å²) in [5.41, 5.74) is 7.97. The molecule has 2 N–H and O–H groups in total. The Labute approximate surface area is 168 Å². The minimum absolute atomic E-state index is 0.157. The predicted molar refractivity (Wildman–Crippen MR) is 109 cm³/mol. The molecule has 4 aliphatic carbocycles. The Morgan fingerprint density at radius 3 is 2.68 bits per heavy atom. The number of nitrogens with zero attached hydrogens (tertiary/aromatic N) is 2. The van der Waals surface area contributed by atoms with Crippen LogP contribution in [0.1, 0.15) is 65.2 Å². The van der Waals surface area contributed by atoms with Crippen molar-refractivity contribution < 1.29 is 14.5 Å². The third-order valence-electron chi connectivity index (χ3n) is 8.65.